The smallest absolute Gasteiger partial charge is 0.199 e. The van der Waals surface area contributed by atoms with Crippen LogP contribution < -0.4 is 0 Å². The largest absolute Gasteiger partial charge is 0.275 e. The molecule has 0 unspecified atom stereocenters. The van der Waals surface area contributed by atoms with E-state index in [0.717, 1.165) is 13.1 Å². The zero-order valence-corrected chi connectivity index (χ0v) is 7.39. The number of halogens is 1. The highest BCUT2D eigenvalue weighted by Gasteiger charge is 2.33. The molecule has 0 aromatic heterocycles. The molecule has 1 aliphatic rings. The summed E-state index contributed by atoms with van der Waals surface area (Å²) in [5.74, 6) is 0. The van der Waals surface area contributed by atoms with Crippen molar-refractivity contribution in [2.45, 2.75) is 20.3 Å². The van der Waals surface area contributed by atoms with Gasteiger partial charge in [-0.05, 0) is 13.1 Å². The molecular weight excluding hydrogens is 135 g/mol. The van der Waals surface area contributed by atoms with Gasteiger partial charge in [0, 0.05) is 0 Å². The van der Waals surface area contributed by atoms with Crippen LogP contribution in [0.2, 0.25) is 0 Å². The molecule has 0 radical (unpaired) electrons. The van der Waals surface area contributed by atoms with E-state index in [1.165, 1.54) is 0 Å². The van der Waals surface area contributed by atoms with Gasteiger partial charge in [-0.1, -0.05) is 13.8 Å². The zero-order valence-electron chi connectivity index (χ0n) is 5.97. The molecule has 1 fully saturated rings. The standard InChI is InChI=1S/C5H13FN2Si/c1-3-7-5(6)8(4-2)9-7/h5H,3-4,9H2,1-2H3. The molecule has 0 spiro atoms. The van der Waals surface area contributed by atoms with E-state index >= 15 is 0 Å². The van der Waals surface area contributed by atoms with Gasteiger partial charge in [-0.25, -0.2) is 4.39 Å². The van der Waals surface area contributed by atoms with Gasteiger partial charge >= 0.3 is 0 Å². The molecular formula is C5H13FN2Si. The Bertz CT molecular complexity index is 91.0. The molecule has 0 aromatic rings. The van der Waals surface area contributed by atoms with Crippen LogP contribution in [0.3, 0.4) is 0 Å². The van der Waals surface area contributed by atoms with E-state index in [4.69, 9.17) is 0 Å². The lowest BCUT2D eigenvalue weighted by Crippen LogP contribution is -2.64. The van der Waals surface area contributed by atoms with E-state index in [2.05, 4.69) is 0 Å². The molecule has 0 saturated carbocycles. The molecule has 1 saturated heterocycles. The Balaban J connectivity index is 2.24. The summed E-state index contributed by atoms with van der Waals surface area (Å²) in [7, 11) is -0.323. The highest BCUT2D eigenvalue weighted by atomic mass is 28.2. The second-order valence-electron chi connectivity index (χ2n) is 2.26. The van der Waals surface area contributed by atoms with Gasteiger partial charge in [0.25, 0.3) is 0 Å². The van der Waals surface area contributed by atoms with Crippen molar-refractivity contribution in [3.05, 3.63) is 0 Å². The van der Waals surface area contributed by atoms with Crippen LogP contribution >= 0.6 is 0 Å². The SMILES string of the molecule is CCN1[SiH2]N(CC)C1F. The molecule has 0 atom stereocenters. The topological polar surface area (TPSA) is 6.48 Å². The van der Waals surface area contributed by atoms with Gasteiger partial charge in [0.2, 0.25) is 0 Å². The first kappa shape index (κ1) is 7.18. The molecule has 9 heavy (non-hydrogen) atoms. The van der Waals surface area contributed by atoms with Crippen molar-refractivity contribution in [1.82, 2.24) is 9.13 Å². The summed E-state index contributed by atoms with van der Waals surface area (Å²) >= 11 is 0. The fourth-order valence-corrected chi connectivity index (χ4v) is 2.29. The van der Waals surface area contributed by atoms with E-state index in [1.807, 2.05) is 23.0 Å². The maximum Gasteiger partial charge on any atom is 0.199 e. The molecule has 54 valence electrons. The average molecular weight is 148 g/mol. The number of nitrogens with zero attached hydrogens (tertiary/aromatic N) is 2. The van der Waals surface area contributed by atoms with Crippen LogP contribution in [0.5, 0.6) is 0 Å². The van der Waals surface area contributed by atoms with Gasteiger partial charge in [-0.3, -0.25) is 9.13 Å². The maximum absolute atomic E-state index is 12.7. The lowest BCUT2D eigenvalue weighted by atomic mass is 10.7. The first-order chi connectivity index (χ1) is 4.29. The van der Waals surface area contributed by atoms with Crippen molar-refractivity contribution in [1.29, 1.82) is 0 Å². The molecule has 0 aliphatic carbocycles. The highest BCUT2D eigenvalue weighted by Crippen LogP contribution is 2.15. The van der Waals surface area contributed by atoms with Crippen LogP contribution in [-0.2, 0) is 0 Å². The predicted octanol–water partition coefficient (Wildman–Crippen LogP) is -0.104. The zero-order chi connectivity index (χ0) is 6.85. The van der Waals surface area contributed by atoms with E-state index in [0.29, 0.717) is 0 Å². The van der Waals surface area contributed by atoms with Crippen molar-refractivity contribution in [3.63, 3.8) is 0 Å². The van der Waals surface area contributed by atoms with E-state index in [-0.39, 0.29) is 9.84 Å². The van der Waals surface area contributed by atoms with Gasteiger partial charge < -0.3 is 0 Å². The first-order valence-corrected chi connectivity index (χ1v) is 4.68. The summed E-state index contributed by atoms with van der Waals surface area (Å²) in [6.07, 6.45) is -0.744. The predicted molar refractivity (Wildman–Crippen MR) is 38.2 cm³/mol. The van der Waals surface area contributed by atoms with Crippen LogP contribution in [0.25, 0.3) is 0 Å². The summed E-state index contributed by atoms with van der Waals surface area (Å²) < 4.78 is 16.6. The van der Waals surface area contributed by atoms with E-state index < -0.39 is 6.42 Å². The third kappa shape index (κ3) is 1.15. The Kier molecular flexibility index (Phi) is 2.21. The van der Waals surface area contributed by atoms with Crippen molar-refractivity contribution in [2.24, 2.45) is 0 Å². The molecule has 0 amide bonds. The molecule has 0 aromatic carbocycles. The number of alkyl halides is 1. The second kappa shape index (κ2) is 2.77. The highest BCUT2D eigenvalue weighted by molar-refractivity contribution is 6.31. The van der Waals surface area contributed by atoms with Crippen molar-refractivity contribution >= 4 is 9.84 Å². The van der Waals surface area contributed by atoms with Crippen molar-refractivity contribution < 1.29 is 4.39 Å². The molecule has 0 N–H and O–H groups in total. The molecule has 1 rings (SSSR count). The Morgan fingerprint density at radius 1 is 1.33 bits per heavy atom. The van der Waals surface area contributed by atoms with Crippen LogP contribution in [0.1, 0.15) is 13.8 Å². The van der Waals surface area contributed by atoms with Crippen molar-refractivity contribution in [3.8, 4) is 0 Å². The average Bonchev–Trinajstić information content (AvgIpc) is 1.87. The van der Waals surface area contributed by atoms with Crippen LogP contribution in [0.15, 0.2) is 0 Å². The Labute approximate surface area is 57.6 Å². The summed E-state index contributed by atoms with van der Waals surface area (Å²) in [6.45, 7) is 5.77. The van der Waals surface area contributed by atoms with Gasteiger partial charge in [-0.2, -0.15) is 0 Å². The summed E-state index contributed by atoms with van der Waals surface area (Å²) in [5.41, 5.74) is 0. The fraction of sp³-hybridized carbons (Fsp3) is 1.00. The Morgan fingerprint density at radius 3 is 2.00 bits per heavy atom. The minimum absolute atomic E-state index is 0.323. The maximum atomic E-state index is 12.7. The molecule has 2 nitrogen and oxygen atoms in total. The molecule has 1 heterocycles. The quantitative estimate of drug-likeness (QED) is 0.398. The number of rotatable bonds is 2. The minimum Gasteiger partial charge on any atom is -0.275 e. The molecule has 4 heteroatoms. The van der Waals surface area contributed by atoms with Gasteiger partial charge in [0.1, 0.15) is 0 Å². The second-order valence-corrected chi connectivity index (χ2v) is 4.17. The van der Waals surface area contributed by atoms with Gasteiger partial charge in [0.15, 0.2) is 16.3 Å². The normalized spacial score (nSPS) is 33.0. The summed E-state index contributed by atoms with van der Waals surface area (Å²) in [5, 5.41) is 0. The number of hydrogen-bond donors (Lipinski definition) is 0. The Morgan fingerprint density at radius 2 is 1.78 bits per heavy atom. The molecule has 1 aliphatic heterocycles. The van der Waals surface area contributed by atoms with E-state index in [1.54, 1.807) is 0 Å². The Hall–Kier alpha value is 0.0669. The number of hydrogen-bond acceptors (Lipinski definition) is 2. The van der Waals surface area contributed by atoms with Gasteiger partial charge in [0.05, 0.1) is 0 Å². The van der Waals surface area contributed by atoms with Gasteiger partial charge in [-0.15, -0.1) is 0 Å². The first-order valence-electron chi connectivity index (χ1n) is 3.41. The molecule has 0 bridgehead atoms. The third-order valence-corrected chi connectivity index (χ3v) is 4.00. The van der Waals surface area contributed by atoms with E-state index in [9.17, 15) is 4.39 Å². The van der Waals surface area contributed by atoms with Crippen LogP contribution in [-0.4, -0.2) is 38.5 Å². The monoisotopic (exact) mass is 148 g/mol. The van der Waals surface area contributed by atoms with Crippen molar-refractivity contribution in [2.75, 3.05) is 13.1 Å². The third-order valence-electron chi connectivity index (χ3n) is 1.78. The lowest BCUT2D eigenvalue weighted by Gasteiger charge is -2.44. The lowest BCUT2D eigenvalue weighted by molar-refractivity contribution is -0.0103. The summed E-state index contributed by atoms with van der Waals surface area (Å²) in [6, 6.07) is 0. The summed E-state index contributed by atoms with van der Waals surface area (Å²) in [4.78, 5) is 0. The van der Waals surface area contributed by atoms with Crippen LogP contribution in [0.4, 0.5) is 4.39 Å². The van der Waals surface area contributed by atoms with Crippen LogP contribution in [0, 0.1) is 0 Å². The fourth-order valence-electron chi connectivity index (χ4n) is 1.00. The minimum atomic E-state index is -0.744.